The molecule has 3 heteroatoms. The molecule has 3 nitrogen and oxygen atoms in total. The molecule has 5 rings (SSSR count). The van der Waals surface area contributed by atoms with Gasteiger partial charge < -0.3 is 9.64 Å². The first-order valence-electron chi connectivity index (χ1n) is 9.68. The van der Waals surface area contributed by atoms with E-state index in [1.165, 1.54) is 22.0 Å². The van der Waals surface area contributed by atoms with Gasteiger partial charge in [-0.05, 0) is 34.4 Å². The summed E-state index contributed by atoms with van der Waals surface area (Å²) in [5.41, 5.74) is 6.03. The largest absolute Gasteiger partial charge is 0.488 e. The number of ether oxygens (including phenoxy) is 1. The third kappa shape index (κ3) is 2.89. The van der Waals surface area contributed by atoms with Crippen molar-refractivity contribution in [1.82, 2.24) is 4.98 Å². The van der Waals surface area contributed by atoms with Crippen LogP contribution in [0, 0.1) is 0 Å². The fraction of sp³-hybridized carbons (Fsp3) is 0.160. The molecule has 138 valence electrons. The van der Waals surface area contributed by atoms with Gasteiger partial charge in [-0.3, -0.25) is 4.98 Å². The molecule has 0 saturated carbocycles. The Labute approximate surface area is 165 Å². The molecule has 0 fully saturated rings. The van der Waals surface area contributed by atoms with Gasteiger partial charge in [-0.15, -0.1) is 0 Å². The van der Waals surface area contributed by atoms with Gasteiger partial charge in [0.15, 0.2) is 0 Å². The molecule has 3 aromatic carbocycles. The Morgan fingerprint density at radius 1 is 0.929 bits per heavy atom. The Kier molecular flexibility index (Phi) is 4.21. The maximum Gasteiger partial charge on any atom is 0.128 e. The second-order valence-electron chi connectivity index (χ2n) is 7.30. The van der Waals surface area contributed by atoms with E-state index in [9.17, 15) is 0 Å². The van der Waals surface area contributed by atoms with Crippen LogP contribution in [-0.2, 0) is 13.0 Å². The predicted octanol–water partition coefficient (Wildman–Crippen LogP) is 5.47. The van der Waals surface area contributed by atoms with Crippen molar-refractivity contribution >= 4 is 16.5 Å². The molecule has 0 amide bonds. The van der Waals surface area contributed by atoms with Crippen LogP contribution in [0.3, 0.4) is 0 Å². The van der Waals surface area contributed by atoms with E-state index in [-0.39, 0.29) is 0 Å². The fourth-order valence-corrected chi connectivity index (χ4v) is 4.10. The summed E-state index contributed by atoms with van der Waals surface area (Å²) in [4.78, 5) is 6.88. The Bertz CT molecular complexity index is 1140. The molecule has 4 aromatic rings. The topological polar surface area (TPSA) is 25.4 Å². The number of likely N-dealkylation sites (N-methyl/N-ethyl adjacent to an activating group) is 1. The van der Waals surface area contributed by atoms with Gasteiger partial charge in [-0.25, -0.2) is 0 Å². The van der Waals surface area contributed by atoms with Gasteiger partial charge in [-0.1, -0.05) is 60.7 Å². The van der Waals surface area contributed by atoms with Crippen LogP contribution in [0.5, 0.6) is 5.75 Å². The Balaban J connectivity index is 1.68. The summed E-state index contributed by atoms with van der Waals surface area (Å²) in [6.45, 7) is 1.57. The van der Waals surface area contributed by atoms with Crippen molar-refractivity contribution < 1.29 is 4.74 Å². The van der Waals surface area contributed by atoms with E-state index in [0.717, 1.165) is 35.4 Å². The van der Waals surface area contributed by atoms with E-state index >= 15 is 0 Å². The summed E-state index contributed by atoms with van der Waals surface area (Å²) >= 11 is 0. The number of hydrogen-bond acceptors (Lipinski definition) is 3. The normalized spacial score (nSPS) is 13.0. The lowest BCUT2D eigenvalue weighted by Crippen LogP contribution is -2.13. The number of rotatable bonds is 4. The Morgan fingerprint density at radius 3 is 2.64 bits per heavy atom. The molecular formula is C25H22N2O. The van der Waals surface area contributed by atoms with Crippen molar-refractivity contribution in [2.45, 2.75) is 13.0 Å². The smallest absolute Gasteiger partial charge is 0.128 e. The zero-order valence-electron chi connectivity index (χ0n) is 15.9. The minimum Gasteiger partial charge on any atom is -0.488 e. The highest BCUT2D eigenvalue weighted by atomic mass is 16.5. The quantitative estimate of drug-likeness (QED) is 0.479. The van der Waals surface area contributed by atoms with Crippen molar-refractivity contribution in [3.63, 3.8) is 0 Å². The van der Waals surface area contributed by atoms with Crippen molar-refractivity contribution in [3.05, 3.63) is 90.3 Å². The first-order valence-corrected chi connectivity index (χ1v) is 9.68. The molecule has 0 bridgehead atoms. The standard InChI is InChI=1S/C25H22N2O/c1-27-14-13-20-15-26-16-22(25(20)27)24-21-10-6-5-9-19(21)11-12-23(24)28-17-18-7-3-2-4-8-18/h2-12,15-16H,13-14,17H2,1H3. The Hall–Kier alpha value is -3.33. The first kappa shape index (κ1) is 16.8. The molecule has 1 aliphatic heterocycles. The number of nitrogens with zero attached hydrogens (tertiary/aromatic N) is 2. The van der Waals surface area contributed by atoms with Gasteiger partial charge in [-0.2, -0.15) is 0 Å². The molecule has 0 atom stereocenters. The van der Waals surface area contributed by atoms with E-state index < -0.39 is 0 Å². The SMILES string of the molecule is CN1CCc2cncc(-c3c(OCc4ccccc4)ccc4ccccc34)c21. The molecule has 0 aliphatic carbocycles. The average molecular weight is 366 g/mol. The number of anilines is 1. The van der Waals surface area contributed by atoms with Gasteiger partial charge in [0, 0.05) is 37.1 Å². The second-order valence-corrected chi connectivity index (χ2v) is 7.30. The van der Waals surface area contributed by atoms with Crippen LogP contribution < -0.4 is 9.64 Å². The molecule has 1 aromatic heterocycles. The molecule has 0 spiro atoms. The molecule has 1 aliphatic rings. The third-order valence-electron chi connectivity index (χ3n) is 5.49. The summed E-state index contributed by atoms with van der Waals surface area (Å²) in [5.74, 6) is 0.901. The summed E-state index contributed by atoms with van der Waals surface area (Å²) < 4.78 is 6.33. The summed E-state index contributed by atoms with van der Waals surface area (Å²) in [6.07, 6.45) is 5.02. The van der Waals surface area contributed by atoms with Crippen LogP contribution in [0.2, 0.25) is 0 Å². The van der Waals surface area contributed by atoms with E-state index in [4.69, 9.17) is 4.74 Å². The molecule has 0 saturated heterocycles. The molecule has 0 N–H and O–H groups in total. The summed E-state index contributed by atoms with van der Waals surface area (Å²) in [5, 5.41) is 2.41. The highest BCUT2D eigenvalue weighted by Crippen LogP contribution is 2.44. The Morgan fingerprint density at radius 2 is 1.75 bits per heavy atom. The maximum atomic E-state index is 6.33. The van der Waals surface area contributed by atoms with Crippen molar-refractivity contribution in [2.75, 3.05) is 18.5 Å². The van der Waals surface area contributed by atoms with Crippen LogP contribution in [0.15, 0.2) is 79.1 Å². The minimum absolute atomic E-state index is 0.546. The monoisotopic (exact) mass is 366 g/mol. The van der Waals surface area contributed by atoms with Gasteiger partial charge >= 0.3 is 0 Å². The lowest BCUT2D eigenvalue weighted by molar-refractivity contribution is 0.308. The van der Waals surface area contributed by atoms with Crippen LogP contribution in [0.1, 0.15) is 11.1 Å². The van der Waals surface area contributed by atoms with E-state index in [2.05, 4.69) is 65.5 Å². The van der Waals surface area contributed by atoms with Crippen molar-refractivity contribution in [1.29, 1.82) is 0 Å². The van der Waals surface area contributed by atoms with Crippen LogP contribution in [-0.4, -0.2) is 18.6 Å². The van der Waals surface area contributed by atoms with Gasteiger partial charge in [0.1, 0.15) is 12.4 Å². The van der Waals surface area contributed by atoms with Crippen LogP contribution >= 0.6 is 0 Å². The highest BCUT2D eigenvalue weighted by molar-refractivity contribution is 6.03. The summed E-state index contributed by atoms with van der Waals surface area (Å²) in [6, 6.07) is 23.0. The lowest BCUT2D eigenvalue weighted by atomic mass is 9.96. The predicted molar refractivity (Wildman–Crippen MR) is 115 cm³/mol. The number of hydrogen-bond donors (Lipinski definition) is 0. The van der Waals surface area contributed by atoms with E-state index in [1.807, 2.05) is 30.6 Å². The highest BCUT2D eigenvalue weighted by Gasteiger charge is 2.23. The zero-order chi connectivity index (χ0) is 18.9. The third-order valence-corrected chi connectivity index (χ3v) is 5.49. The average Bonchev–Trinajstić information content (AvgIpc) is 3.14. The molecule has 2 heterocycles. The van der Waals surface area contributed by atoms with Crippen molar-refractivity contribution in [3.8, 4) is 16.9 Å². The number of benzene rings is 3. The van der Waals surface area contributed by atoms with Gasteiger partial charge in [0.2, 0.25) is 0 Å². The van der Waals surface area contributed by atoms with Crippen LogP contribution in [0.25, 0.3) is 21.9 Å². The van der Waals surface area contributed by atoms with Gasteiger partial charge in [0.05, 0.1) is 5.69 Å². The zero-order valence-corrected chi connectivity index (χ0v) is 15.9. The molecule has 28 heavy (non-hydrogen) atoms. The van der Waals surface area contributed by atoms with Crippen molar-refractivity contribution in [2.24, 2.45) is 0 Å². The number of pyridine rings is 1. The number of fused-ring (bicyclic) bond motifs is 2. The van der Waals surface area contributed by atoms with E-state index in [0.29, 0.717) is 6.61 Å². The van der Waals surface area contributed by atoms with E-state index in [1.54, 1.807) is 0 Å². The first-order chi connectivity index (χ1) is 13.8. The summed E-state index contributed by atoms with van der Waals surface area (Å²) in [7, 11) is 2.16. The molecule has 0 radical (unpaired) electrons. The lowest BCUT2D eigenvalue weighted by Gasteiger charge is -2.20. The van der Waals surface area contributed by atoms with Crippen LogP contribution in [0.4, 0.5) is 5.69 Å². The van der Waals surface area contributed by atoms with Gasteiger partial charge in [0.25, 0.3) is 0 Å². The fourth-order valence-electron chi connectivity index (χ4n) is 4.10. The second kappa shape index (κ2) is 7.01. The molecular weight excluding hydrogens is 344 g/mol. The molecule has 0 unspecified atom stereocenters. The minimum atomic E-state index is 0.546. The maximum absolute atomic E-state index is 6.33. The number of aromatic nitrogens is 1.